The molecule has 1 aliphatic carbocycles. The van der Waals surface area contributed by atoms with Gasteiger partial charge in [-0.15, -0.1) is 0 Å². The van der Waals surface area contributed by atoms with Gasteiger partial charge in [0.25, 0.3) is 0 Å². The maximum absolute atomic E-state index is 8.89. The normalized spacial score (nSPS) is 18.1. The zero-order chi connectivity index (χ0) is 21.1. The van der Waals surface area contributed by atoms with Crippen molar-refractivity contribution < 1.29 is 9.47 Å². The summed E-state index contributed by atoms with van der Waals surface area (Å²) in [5.41, 5.74) is 8.74. The average Bonchev–Trinajstić information content (AvgIpc) is 3.37. The Kier molecular flexibility index (Phi) is 5.50. The fraction of sp³-hybridized carbons (Fsp3) is 0.333. The van der Waals surface area contributed by atoms with Crippen LogP contribution in [-0.4, -0.2) is 39.4 Å². The van der Waals surface area contributed by atoms with E-state index in [0.717, 1.165) is 25.0 Å². The zero-order valence-corrected chi connectivity index (χ0v) is 16.8. The Balaban J connectivity index is 1.63. The number of ether oxygens (including phenoxy) is 2. The summed E-state index contributed by atoms with van der Waals surface area (Å²) in [6.07, 6.45) is 4.26. The van der Waals surface area contributed by atoms with Gasteiger partial charge in [0.1, 0.15) is 29.3 Å². The second kappa shape index (κ2) is 8.39. The Morgan fingerprint density at radius 1 is 1.27 bits per heavy atom. The van der Waals surface area contributed by atoms with E-state index in [1.165, 1.54) is 6.20 Å². The van der Waals surface area contributed by atoms with Gasteiger partial charge in [0.15, 0.2) is 5.82 Å². The van der Waals surface area contributed by atoms with E-state index in [9.17, 15) is 0 Å². The number of nitrogens with zero attached hydrogens (tertiary/aromatic N) is 4. The highest BCUT2D eigenvalue weighted by molar-refractivity contribution is 5.75. The first-order chi connectivity index (χ1) is 14.6. The molecule has 1 saturated carbocycles. The lowest BCUT2D eigenvalue weighted by Gasteiger charge is -2.18. The number of aromatic nitrogens is 4. The molecule has 30 heavy (non-hydrogen) atoms. The van der Waals surface area contributed by atoms with Crippen molar-refractivity contribution in [3.05, 3.63) is 41.7 Å². The molecule has 1 fully saturated rings. The maximum Gasteiger partial charge on any atom is 0.226 e. The van der Waals surface area contributed by atoms with Crippen molar-refractivity contribution in [1.29, 1.82) is 5.26 Å². The Bertz CT molecular complexity index is 1070. The molecule has 9 nitrogen and oxygen atoms in total. The first-order valence-corrected chi connectivity index (χ1v) is 9.72. The number of methoxy groups -OCH3 is 1. The zero-order valence-electron chi connectivity index (χ0n) is 16.8. The number of hydrogen-bond donors (Lipinski definition) is 3. The first-order valence-electron chi connectivity index (χ1n) is 9.72. The van der Waals surface area contributed by atoms with Crippen molar-refractivity contribution in [2.45, 2.75) is 38.3 Å². The van der Waals surface area contributed by atoms with Crippen LogP contribution in [0.4, 0.5) is 11.6 Å². The van der Waals surface area contributed by atoms with E-state index in [4.69, 9.17) is 20.5 Å². The molecule has 4 N–H and O–H groups in total. The van der Waals surface area contributed by atoms with Gasteiger partial charge in [0.2, 0.25) is 5.88 Å². The average molecular weight is 405 g/mol. The Morgan fingerprint density at radius 3 is 2.80 bits per heavy atom. The summed E-state index contributed by atoms with van der Waals surface area (Å²) in [5.74, 6) is 2.29. The third kappa shape index (κ3) is 4.18. The smallest absolute Gasteiger partial charge is 0.226 e. The minimum absolute atomic E-state index is 0.0635. The topological polar surface area (TPSA) is 135 Å². The van der Waals surface area contributed by atoms with Crippen LogP contribution < -0.4 is 20.5 Å². The predicted octanol–water partition coefficient (Wildman–Crippen LogP) is 3.06. The van der Waals surface area contributed by atoms with Crippen molar-refractivity contribution in [2.24, 2.45) is 5.73 Å². The van der Waals surface area contributed by atoms with E-state index < -0.39 is 0 Å². The number of nitrogens with two attached hydrogens (primary N) is 1. The molecule has 3 heterocycles. The minimum atomic E-state index is 0.0635. The van der Waals surface area contributed by atoms with Crippen LogP contribution in [0.15, 0.2) is 30.5 Å². The molecule has 2 atom stereocenters. The van der Waals surface area contributed by atoms with Crippen molar-refractivity contribution in [3.8, 4) is 29.0 Å². The van der Waals surface area contributed by atoms with Crippen LogP contribution in [0.25, 0.3) is 11.3 Å². The minimum Gasteiger partial charge on any atom is -0.489 e. The van der Waals surface area contributed by atoms with E-state index in [-0.39, 0.29) is 12.1 Å². The van der Waals surface area contributed by atoms with Gasteiger partial charge >= 0.3 is 0 Å². The molecule has 0 bridgehead atoms. The molecule has 0 aromatic carbocycles. The molecule has 0 aliphatic heterocycles. The van der Waals surface area contributed by atoms with Gasteiger partial charge < -0.3 is 20.5 Å². The highest BCUT2D eigenvalue weighted by Crippen LogP contribution is 2.39. The lowest BCUT2D eigenvalue weighted by molar-refractivity contribution is 0.208. The van der Waals surface area contributed by atoms with Crippen LogP contribution in [0.5, 0.6) is 11.6 Å². The van der Waals surface area contributed by atoms with Crippen molar-refractivity contribution in [3.63, 3.8) is 0 Å². The number of nitriles is 1. The highest BCUT2D eigenvalue weighted by atomic mass is 16.5. The van der Waals surface area contributed by atoms with Gasteiger partial charge in [-0.05, 0) is 38.3 Å². The lowest BCUT2D eigenvalue weighted by Crippen LogP contribution is -2.19. The molecular weight excluding hydrogens is 382 g/mol. The standard InChI is InChI=1S/C21H23N7O2/c1-12-7-17(30-15-5-4-14(23)8-15)20(21(25-12)29-2)16-9-19(28-27-16)26-18-6-3-13(10-22)11-24-18/h3,6-7,9,11,14-15H,4-5,8,23H2,1-2H3,(H2,24,26,27,28)/t14-,15+/m0/s1. The van der Waals surface area contributed by atoms with Crippen molar-refractivity contribution in [1.82, 2.24) is 20.2 Å². The van der Waals surface area contributed by atoms with Gasteiger partial charge in [-0.2, -0.15) is 10.4 Å². The number of pyridine rings is 2. The Morgan fingerprint density at radius 2 is 2.13 bits per heavy atom. The van der Waals surface area contributed by atoms with Crippen molar-refractivity contribution in [2.75, 3.05) is 12.4 Å². The fourth-order valence-corrected chi connectivity index (χ4v) is 3.54. The largest absolute Gasteiger partial charge is 0.489 e. The van der Waals surface area contributed by atoms with Crippen LogP contribution in [0.3, 0.4) is 0 Å². The van der Waals surface area contributed by atoms with Crippen LogP contribution in [-0.2, 0) is 0 Å². The maximum atomic E-state index is 8.89. The summed E-state index contributed by atoms with van der Waals surface area (Å²) < 4.78 is 11.8. The van der Waals surface area contributed by atoms with Gasteiger partial charge in [-0.1, -0.05) is 0 Å². The third-order valence-corrected chi connectivity index (χ3v) is 4.99. The second-order valence-electron chi connectivity index (χ2n) is 7.29. The molecule has 4 rings (SSSR count). The molecule has 1 aliphatic rings. The molecule has 0 radical (unpaired) electrons. The van der Waals surface area contributed by atoms with Gasteiger partial charge in [-0.3, -0.25) is 5.10 Å². The number of aryl methyl sites for hydroxylation is 1. The molecule has 3 aromatic heterocycles. The Hall–Kier alpha value is -3.64. The number of H-pyrrole nitrogens is 1. The van der Waals surface area contributed by atoms with Crippen LogP contribution >= 0.6 is 0 Å². The summed E-state index contributed by atoms with van der Waals surface area (Å²) in [6, 6.07) is 9.36. The van der Waals surface area contributed by atoms with E-state index in [2.05, 4.69) is 25.5 Å². The van der Waals surface area contributed by atoms with E-state index >= 15 is 0 Å². The van der Waals surface area contributed by atoms with E-state index in [0.29, 0.717) is 40.1 Å². The molecule has 154 valence electrons. The number of nitrogens with one attached hydrogen (secondary N) is 2. The first kappa shape index (κ1) is 19.7. The molecule has 0 amide bonds. The van der Waals surface area contributed by atoms with E-state index in [1.807, 2.05) is 25.1 Å². The van der Waals surface area contributed by atoms with Crippen LogP contribution in [0.1, 0.15) is 30.5 Å². The molecule has 0 spiro atoms. The third-order valence-electron chi connectivity index (χ3n) is 4.99. The van der Waals surface area contributed by atoms with E-state index in [1.54, 1.807) is 19.2 Å². The summed E-state index contributed by atoms with van der Waals surface area (Å²) in [7, 11) is 1.58. The SMILES string of the molecule is COc1nc(C)cc(O[C@@H]2CC[C@H](N)C2)c1-c1cc(Nc2ccc(C#N)cn2)n[nH]1. The summed E-state index contributed by atoms with van der Waals surface area (Å²) in [4.78, 5) is 8.70. The molecule has 9 heteroatoms. The van der Waals surface area contributed by atoms with Gasteiger partial charge in [0.05, 0.1) is 18.4 Å². The molecule has 0 unspecified atom stereocenters. The predicted molar refractivity (Wildman–Crippen MR) is 112 cm³/mol. The van der Waals surface area contributed by atoms with Crippen LogP contribution in [0.2, 0.25) is 0 Å². The fourth-order valence-electron chi connectivity index (χ4n) is 3.54. The summed E-state index contributed by atoms with van der Waals surface area (Å²) in [5, 5.41) is 19.3. The quantitative estimate of drug-likeness (QED) is 0.569. The molecular formula is C21H23N7O2. The highest BCUT2D eigenvalue weighted by Gasteiger charge is 2.26. The number of anilines is 2. The second-order valence-corrected chi connectivity index (χ2v) is 7.29. The Labute approximate surface area is 174 Å². The molecule has 0 saturated heterocycles. The summed E-state index contributed by atoms with van der Waals surface area (Å²) in [6.45, 7) is 1.90. The molecule has 3 aromatic rings. The summed E-state index contributed by atoms with van der Waals surface area (Å²) >= 11 is 0. The number of hydrogen-bond acceptors (Lipinski definition) is 8. The van der Waals surface area contributed by atoms with Crippen LogP contribution in [0, 0.1) is 18.3 Å². The number of rotatable bonds is 6. The number of aromatic amines is 1. The van der Waals surface area contributed by atoms with Crippen molar-refractivity contribution >= 4 is 11.6 Å². The monoisotopic (exact) mass is 405 g/mol. The lowest BCUT2D eigenvalue weighted by atomic mass is 10.1. The van der Waals surface area contributed by atoms with Gasteiger partial charge in [-0.25, -0.2) is 9.97 Å². The van der Waals surface area contributed by atoms with Gasteiger partial charge in [0, 0.05) is 30.1 Å².